The summed E-state index contributed by atoms with van der Waals surface area (Å²) >= 11 is 0. The quantitative estimate of drug-likeness (QED) is 0.438. The van der Waals surface area contributed by atoms with Crippen molar-refractivity contribution in [3.8, 4) is 12.3 Å². The molecule has 0 aliphatic rings. The summed E-state index contributed by atoms with van der Waals surface area (Å²) in [4.78, 5) is 3.81. The average molecular weight is 106 g/mol. The molecular weight excluding hydrogens is 100 g/mol. The molecule has 0 radical (unpaired) electrons. The zero-order valence-electron chi connectivity index (χ0n) is 4.63. The molecule has 0 unspecified atom stereocenters. The van der Waals surface area contributed by atoms with Crippen LogP contribution in [0.3, 0.4) is 0 Å². The van der Waals surface area contributed by atoms with Crippen molar-refractivity contribution in [2.75, 3.05) is 0 Å². The minimum absolute atomic E-state index is 0.810. The Bertz CT molecular complexity index is 217. The molecule has 8 heavy (non-hydrogen) atoms. The van der Waals surface area contributed by atoms with Crippen molar-refractivity contribution in [1.82, 2.24) is 9.55 Å². The van der Waals surface area contributed by atoms with Crippen LogP contribution in [0.15, 0.2) is 12.5 Å². The SMILES string of the molecule is C#Cc1cncn1C. The summed E-state index contributed by atoms with van der Waals surface area (Å²) in [6.45, 7) is 0. The number of imidazole rings is 1. The molecule has 0 aromatic carbocycles. The van der Waals surface area contributed by atoms with Crippen LogP contribution in [0.1, 0.15) is 5.69 Å². The zero-order valence-corrected chi connectivity index (χ0v) is 4.63. The van der Waals surface area contributed by atoms with E-state index in [2.05, 4.69) is 10.9 Å². The third-order valence-corrected chi connectivity index (χ3v) is 0.965. The van der Waals surface area contributed by atoms with Crippen LogP contribution in [-0.4, -0.2) is 9.55 Å². The Morgan fingerprint density at radius 1 is 1.88 bits per heavy atom. The smallest absolute Gasteiger partial charge is 0.111 e. The largest absolute Gasteiger partial charge is 0.327 e. The van der Waals surface area contributed by atoms with Crippen molar-refractivity contribution in [3.63, 3.8) is 0 Å². The van der Waals surface area contributed by atoms with E-state index < -0.39 is 0 Å². The van der Waals surface area contributed by atoms with Crippen LogP contribution in [0, 0.1) is 12.3 Å². The second-order valence-electron chi connectivity index (χ2n) is 1.53. The van der Waals surface area contributed by atoms with Gasteiger partial charge in [-0.2, -0.15) is 0 Å². The van der Waals surface area contributed by atoms with Crippen LogP contribution in [0.2, 0.25) is 0 Å². The molecule has 0 atom stereocenters. The molecule has 1 aromatic heterocycles. The molecule has 0 bridgehead atoms. The fourth-order valence-corrected chi connectivity index (χ4v) is 0.496. The molecule has 2 nitrogen and oxygen atoms in total. The van der Waals surface area contributed by atoms with Gasteiger partial charge < -0.3 is 4.57 Å². The number of rotatable bonds is 0. The molecule has 0 spiro atoms. The van der Waals surface area contributed by atoms with Gasteiger partial charge in [-0.25, -0.2) is 4.98 Å². The summed E-state index contributed by atoms with van der Waals surface area (Å²) in [5, 5.41) is 0. The predicted molar refractivity (Wildman–Crippen MR) is 31.1 cm³/mol. The molecule has 0 amide bonds. The van der Waals surface area contributed by atoms with Gasteiger partial charge in [0.25, 0.3) is 0 Å². The minimum atomic E-state index is 0.810. The molecule has 2 heteroatoms. The monoisotopic (exact) mass is 106 g/mol. The fraction of sp³-hybridized carbons (Fsp3) is 0.167. The Hall–Kier alpha value is -1.23. The molecule has 0 saturated carbocycles. The van der Waals surface area contributed by atoms with Crippen LogP contribution in [0.5, 0.6) is 0 Å². The second-order valence-corrected chi connectivity index (χ2v) is 1.53. The van der Waals surface area contributed by atoms with E-state index in [1.807, 2.05) is 7.05 Å². The number of hydrogen-bond acceptors (Lipinski definition) is 1. The maximum absolute atomic E-state index is 5.08. The van der Waals surface area contributed by atoms with Gasteiger partial charge in [0, 0.05) is 7.05 Å². The lowest BCUT2D eigenvalue weighted by atomic mass is 10.5. The lowest BCUT2D eigenvalue weighted by Gasteiger charge is -1.86. The van der Waals surface area contributed by atoms with Crippen molar-refractivity contribution in [3.05, 3.63) is 18.2 Å². The van der Waals surface area contributed by atoms with E-state index in [9.17, 15) is 0 Å². The Balaban J connectivity index is 3.15. The molecule has 0 fully saturated rings. The lowest BCUT2D eigenvalue weighted by Crippen LogP contribution is -1.86. The summed E-state index contributed by atoms with van der Waals surface area (Å²) in [6.07, 6.45) is 8.41. The molecular formula is C6H6N2. The zero-order chi connectivity index (χ0) is 5.98. The van der Waals surface area contributed by atoms with E-state index in [-0.39, 0.29) is 0 Å². The molecule has 1 aromatic rings. The number of terminal acetylenes is 1. The third kappa shape index (κ3) is 0.584. The topological polar surface area (TPSA) is 17.8 Å². The molecule has 40 valence electrons. The van der Waals surface area contributed by atoms with Gasteiger partial charge >= 0.3 is 0 Å². The van der Waals surface area contributed by atoms with E-state index in [0.717, 1.165) is 5.69 Å². The lowest BCUT2D eigenvalue weighted by molar-refractivity contribution is 0.899. The Morgan fingerprint density at radius 2 is 2.62 bits per heavy atom. The summed E-state index contributed by atoms with van der Waals surface area (Å²) in [5.74, 6) is 2.48. The van der Waals surface area contributed by atoms with Crippen LogP contribution in [0.25, 0.3) is 0 Å². The maximum atomic E-state index is 5.08. The highest BCUT2D eigenvalue weighted by Gasteiger charge is 1.87. The van der Waals surface area contributed by atoms with Gasteiger partial charge in [0.15, 0.2) is 0 Å². The number of hydrogen-bond donors (Lipinski definition) is 0. The van der Waals surface area contributed by atoms with E-state index in [1.165, 1.54) is 0 Å². The summed E-state index contributed by atoms with van der Waals surface area (Å²) < 4.78 is 1.79. The molecule has 0 N–H and O–H groups in total. The van der Waals surface area contributed by atoms with Crippen molar-refractivity contribution >= 4 is 0 Å². The van der Waals surface area contributed by atoms with Gasteiger partial charge in [-0.15, -0.1) is 6.42 Å². The van der Waals surface area contributed by atoms with Gasteiger partial charge in [-0.05, 0) is 0 Å². The first kappa shape index (κ1) is 4.92. The third-order valence-electron chi connectivity index (χ3n) is 0.965. The normalized spacial score (nSPS) is 8.50. The molecule has 0 aliphatic heterocycles. The van der Waals surface area contributed by atoms with Gasteiger partial charge in [-0.3, -0.25) is 0 Å². The first-order valence-corrected chi connectivity index (χ1v) is 2.27. The van der Waals surface area contributed by atoms with Gasteiger partial charge in [0.2, 0.25) is 0 Å². The predicted octanol–water partition coefficient (Wildman–Crippen LogP) is 0.401. The Morgan fingerprint density at radius 3 is 2.88 bits per heavy atom. The highest BCUT2D eigenvalue weighted by Crippen LogP contribution is 1.89. The van der Waals surface area contributed by atoms with Crippen molar-refractivity contribution in [2.24, 2.45) is 7.05 Å². The van der Waals surface area contributed by atoms with Crippen molar-refractivity contribution in [1.29, 1.82) is 0 Å². The number of nitrogens with zero attached hydrogens (tertiary/aromatic N) is 2. The summed E-state index contributed by atoms with van der Waals surface area (Å²) in [5.41, 5.74) is 0.810. The van der Waals surface area contributed by atoms with E-state index in [4.69, 9.17) is 6.42 Å². The van der Waals surface area contributed by atoms with Gasteiger partial charge in [-0.1, -0.05) is 5.92 Å². The standard InChI is InChI=1S/C6H6N2/c1-3-6-4-7-5-8(6)2/h1,4-5H,2H3. The molecule has 0 saturated heterocycles. The average Bonchev–Trinajstić information content (AvgIpc) is 2.14. The van der Waals surface area contributed by atoms with Crippen molar-refractivity contribution < 1.29 is 0 Å². The highest BCUT2D eigenvalue weighted by molar-refractivity contribution is 5.21. The van der Waals surface area contributed by atoms with E-state index >= 15 is 0 Å². The van der Waals surface area contributed by atoms with Crippen LogP contribution in [-0.2, 0) is 7.05 Å². The fourth-order valence-electron chi connectivity index (χ4n) is 0.496. The highest BCUT2D eigenvalue weighted by atomic mass is 15.0. The minimum Gasteiger partial charge on any atom is -0.327 e. The van der Waals surface area contributed by atoms with Crippen LogP contribution < -0.4 is 0 Å². The van der Waals surface area contributed by atoms with Crippen LogP contribution in [0.4, 0.5) is 0 Å². The summed E-state index contributed by atoms with van der Waals surface area (Å²) in [6, 6.07) is 0. The van der Waals surface area contributed by atoms with E-state index in [1.54, 1.807) is 17.1 Å². The molecule has 1 rings (SSSR count). The molecule has 1 heterocycles. The summed E-state index contributed by atoms with van der Waals surface area (Å²) in [7, 11) is 1.86. The number of aromatic nitrogens is 2. The Labute approximate surface area is 48.2 Å². The first-order valence-electron chi connectivity index (χ1n) is 2.27. The maximum Gasteiger partial charge on any atom is 0.111 e. The van der Waals surface area contributed by atoms with E-state index in [0.29, 0.717) is 0 Å². The Kier molecular flexibility index (Phi) is 1.05. The second kappa shape index (κ2) is 1.71. The van der Waals surface area contributed by atoms with Crippen molar-refractivity contribution in [2.45, 2.75) is 0 Å². The number of aryl methyl sites for hydroxylation is 1. The first-order chi connectivity index (χ1) is 3.84. The van der Waals surface area contributed by atoms with Gasteiger partial charge in [0.1, 0.15) is 5.69 Å². The van der Waals surface area contributed by atoms with Crippen LogP contribution >= 0.6 is 0 Å². The van der Waals surface area contributed by atoms with Gasteiger partial charge in [0.05, 0.1) is 12.5 Å². The molecule has 0 aliphatic carbocycles.